The molecule has 0 fully saturated rings. The Morgan fingerprint density at radius 3 is 2.42 bits per heavy atom. The highest BCUT2D eigenvalue weighted by atomic mass is 35.5. The third-order valence-corrected chi connectivity index (χ3v) is 6.79. The van der Waals surface area contributed by atoms with E-state index in [4.69, 9.17) is 11.6 Å². The van der Waals surface area contributed by atoms with E-state index in [-0.39, 0.29) is 40.8 Å². The summed E-state index contributed by atoms with van der Waals surface area (Å²) in [5.41, 5.74) is -1.50. The molecule has 4 aromatic rings. The van der Waals surface area contributed by atoms with E-state index in [1.165, 1.54) is 18.2 Å². The number of rotatable bonds is 8. The van der Waals surface area contributed by atoms with Gasteiger partial charge in [0.25, 0.3) is 5.91 Å². The number of aromatic hydroxyl groups is 1. The number of aromatic amines is 1. The summed E-state index contributed by atoms with van der Waals surface area (Å²) < 4.78 is 55.0. The smallest absolute Gasteiger partial charge is 0.416 e. The van der Waals surface area contributed by atoms with Crippen molar-refractivity contribution in [2.24, 2.45) is 5.41 Å². The van der Waals surface area contributed by atoms with Crippen molar-refractivity contribution in [3.63, 3.8) is 0 Å². The molecule has 1 amide bonds. The van der Waals surface area contributed by atoms with E-state index >= 15 is 4.39 Å². The van der Waals surface area contributed by atoms with Gasteiger partial charge in [-0.3, -0.25) is 9.78 Å². The molecule has 1 atom stereocenters. The minimum Gasteiger partial charge on any atom is -0.507 e. The zero-order valence-electron chi connectivity index (χ0n) is 21.4. The predicted octanol–water partition coefficient (Wildman–Crippen LogP) is 5.94. The summed E-state index contributed by atoms with van der Waals surface area (Å²) >= 11 is 6.33. The number of halogens is 5. The molecule has 3 N–H and O–H groups in total. The number of benzene rings is 3. The van der Waals surface area contributed by atoms with Gasteiger partial charge in [-0.1, -0.05) is 43.6 Å². The monoisotopic (exact) mass is 576 g/mol. The van der Waals surface area contributed by atoms with Crippen LogP contribution in [0, 0.1) is 5.41 Å². The molecule has 12 heteroatoms. The first-order valence-corrected chi connectivity index (χ1v) is 12.5. The molecule has 0 saturated heterocycles. The van der Waals surface area contributed by atoms with E-state index in [1.807, 2.05) is 0 Å². The second kappa shape index (κ2) is 11.2. The third-order valence-electron chi connectivity index (χ3n) is 6.46. The summed E-state index contributed by atoms with van der Waals surface area (Å²) in [4.78, 5) is 27.5. The van der Waals surface area contributed by atoms with Gasteiger partial charge in [-0.15, -0.1) is 5.10 Å². The van der Waals surface area contributed by atoms with Gasteiger partial charge in [0.15, 0.2) is 5.82 Å². The van der Waals surface area contributed by atoms with Gasteiger partial charge in [-0.05, 0) is 54.1 Å². The van der Waals surface area contributed by atoms with Crippen LogP contribution >= 0.6 is 11.6 Å². The normalized spacial score (nSPS) is 12.8. The zero-order valence-corrected chi connectivity index (χ0v) is 22.1. The molecule has 0 spiro atoms. The maximum Gasteiger partial charge on any atom is 0.416 e. The number of carbonyl (C=O) groups excluding carboxylic acids is 1. The molecule has 0 bridgehead atoms. The Morgan fingerprint density at radius 1 is 1.10 bits per heavy atom. The molecule has 4 rings (SSSR count). The second-order valence-electron chi connectivity index (χ2n) is 9.91. The highest BCUT2D eigenvalue weighted by Crippen LogP contribution is 2.32. The van der Waals surface area contributed by atoms with Crippen molar-refractivity contribution in [2.45, 2.75) is 32.6 Å². The fourth-order valence-corrected chi connectivity index (χ4v) is 4.16. The van der Waals surface area contributed by atoms with Gasteiger partial charge in [-0.25, -0.2) is 9.18 Å². The Labute approximate surface area is 231 Å². The number of hydrogen-bond acceptors (Lipinski definition) is 4. The summed E-state index contributed by atoms with van der Waals surface area (Å²) in [6, 6.07) is 14.7. The summed E-state index contributed by atoms with van der Waals surface area (Å²) in [6.07, 6.45) is -5.98. The lowest BCUT2D eigenvalue weighted by Crippen LogP contribution is -2.40. The molecule has 0 aliphatic rings. The van der Waals surface area contributed by atoms with Crippen molar-refractivity contribution in [1.82, 2.24) is 20.1 Å². The molecular weight excluding hydrogens is 552 g/mol. The van der Waals surface area contributed by atoms with Gasteiger partial charge in [0.1, 0.15) is 11.9 Å². The van der Waals surface area contributed by atoms with Gasteiger partial charge >= 0.3 is 11.9 Å². The average Bonchev–Trinajstić information content (AvgIpc) is 3.29. The molecule has 40 heavy (non-hydrogen) atoms. The van der Waals surface area contributed by atoms with E-state index in [2.05, 4.69) is 15.4 Å². The standard InChI is InChI=1S/C28H25ClF4N4O3/c1-27(2,15-34-25(39)19-5-3-4-6-22(19)38)23(30)14-16-7-12-21(29)20(13-16)24-35-26(40)37(36-24)18-10-8-17(9-11-18)28(31,32)33/h3-13,23,38H,14-15H2,1-2H3,(H,34,39)(H,35,36,40). The summed E-state index contributed by atoms with van der Waals surface area (Å²) in [6.45, 7) is 3.30. The number of nitrogens with one attached hydrogen (secondary N) is 2. The van der Waals surface area contributed by atoms with Gasteiger partial charge in [0, 0.05) is 23.9 Å². The highest BCUT2D eigenvalue weighted by molar-refractivity contribution is 6.33. The lowest BCUT2D eigenvalue weighted by atomic mass is 9.84. The molecule has 7 nitrogen and oxygen atoms in total. The fourth-order valence-electron chi connectivity index (χ4n) is 3.96. The van der Waals surface area contributed by atoms with Crippen molar-refractivity contribution >= 4 is 17.5 Å². The number of alkyl halides is 4. The van der Waals surface area contributed by atoms with Gasteiger partial charge in [-0.2, -0.15) is 17.9 Å². The number of hydrogen-bond donors (Lipinski definition) is 3. The van der Waals surface area contributed by atoms with E-state index in [0.717, 1.165) is 28.9 Å². The molecule has 1 unspecified atom stereocenters. The number of nitrogens with zero attached hydrogens (tertiary/aromatic N) is 2. The first kappa shape index (κ1) is 28.9. The van der Waals surface area contributed by atoms with E-state index < -0.39 is 34.9 Å². The third kappa shape index (κ3) is 6.36. The van der Waals surface area contributed by atoms with Crippen molar-refractivity contribution in [3.05, 3.63) is 98.9 Å². The Balaban J connectivity index is 1.50. The van der Waals surface area contributed by atoms with Crippen molar-refractivity contribution in [1.29, 1.82) is 0 Å². The number of para-hydroxylation sites is 1. The molecule has 0 aliphatic heterocycles. The van der Waals surface area contributed by atoms with Crippen LogP contribution in [-0.2, 0) is 12.6 Å². The van der Waals surface area contributed by atoms with Crippen molar-refractivity contribution in [3.8, 4) is 22.8 Å². The van der Waals surface area contributed by atoms with Gasteiger partial charge in [0.2, 0.25) is 0 Å². The van der Waals surface area contributed by atoms with E-state index in [0.29, 0.717) is 11.1 Å². The molecule has 0 aliphatic carbocycles. The molecular formula is C28H25ClF4N4O3. The predicted molar refractivity (Wildman–Crippen MR) is 142 cm³/mol. The van der Waals surface area contributed by atoms with Crippen LogP contribution in [-0.4, -0.2) is 38.5 Å². The summed E-state index contributed by atoms with van der Waals surface area (Å²) in [5.74, 6) is -0.650. The molecule has 1 heterocycles. The van der Waals surface area contributed by atoms with Crippen LogP contribution in [0.25, 0.3) is 17.1 Å². The quantitative estimate of drug-likeness (QED) is 0.226. The number of amides is 1. The Bertz CT molecular complexity index is 1580. The number of carbonyl (C=O) groups is 1. The first-order chi connectivity index (χ1) is 18.8. The topological polar surface area (TPSA) is 100 Å². The van der Waals surface area contributed by atoms with Crippen molar-refractivity contribution in [2.75, 3.05) is 6.54 Å². The summed E-state index contributed by atoms with van der Waals surface area (Å²) in [5, 5.41) is 16.9. The lowest BCUT2D eigenvalue weighted by molar-refractivity contribution is -0.137. The SMILES string of the molecule is CC(C)(CNC(=O)c1ccccc1O)C(F)Cc1ccc(Cl)c(-c2nn(-c3ccc(C(F)(F)F)cc3)c(=O)[nH]2)c1. The minimum absolute atomic E-state index is 0.00731. The highest BCUT2D eigenvalue weighted by Gasteiger charge is 2.31. The number of phenols is 1. The molecule has 1 aromatic heterocycles. The largest absolute Gasteiger partial charge is 0.507 e. The van der Waals surface area contributed by atoms with E-state index in [1.54, 1.807) is 38.1 Å². The van der Waals surface area contributed by atoms with Crippen LogP contribution in [0.3, 0.4) is 0 Å². The summed E-state index contributed by atoms with van der Waals surface area (Å²) in [7, 11) is 0. The van der Waals surface area contributed by atoms with Gasteiger partial charge < -0.3 is 10.4 Å². The maximum atomic E-state index is 15.4. The van der Waals surface area contributed by atoms with Crippen LogP contribution < -0.4 is 11.0 Å². The maximum absolute atomic E-state index is 15.4. The first-order valence-electron chi connectivity index (χ1n) is 12.1. The number of phenolic OH excluding ortho intramolecular Hbond substituents is 1. The van der Waals surface area contributed by atoms with Crippen LogP contribution in [0.2, 0.25) is 5.02 Å². The zero-order chi connectivity index (χ0) is 29.2. The average molecular weight is 577 g/mol. The number of H-pyrrole nitrogens is 1. The molecule has 0 radical (unpaired) electrons. The second-order valence-corrected chi connectivity index (χ2v) is 10.3. The Kier molecular flexibility index (Phi) is 8.06. The molecule has 3 aromatic carbocycles. The van der Waals surface area contributed by atoms with Crippen molar-refractivity contribution < 1.29 is 27.5 Å². The molecule has 210 valence electrons. The Morgan fingerprint density at radius 2 is 1.77 bits per heavy atom. The van der Waals surface area contributed by atoms with Crippen LogP contribution in [0.15, 0.2) is 71.5 Å². The Hall–Kier alpha value is -4.12. The van der Waals surface area contributed by atoms with Gasteiger partial charge in [0.05, 0.1) is 21.8 Å². The van der Waals surface area contributed by atoms with Crippen LogP contribution in [0.4, 0.5) is 17.6 Å². The minimum atomic E-state index is -4.52. The van der Waals surface area contributed by atoms with Crippen LogP contribution in [0.1, 0.15) is 35.3 Å². The number of aromatic nitrogens is 3. The lowest BCUT2D eigenvalue weighted by Gasteiger charge is -2.29. The van der Waals surface area contributed by atoms with E-state index in [9.17, 15) is 27.9 Å². The molecule has 0 saturated carbocycles. The fraction of sp³-hybridized carbons (Fsp3) is 0.250. The van der Waals surface area contributed by atoms with Crippen LogP contribution in [0.5, 0.6) is 5.75 Å².